The Morgan fingerprint density at radius 1 is 1.00 bits per heavy atom. The van der Waals surface area contributed by atoms with Crippen LogP contribution in [0.2, 0.25) is 0 Å². The number of benzene rings is 1. The predicted molar refractivity (Wildman–Crippen MR) is 63.8 cm³/mol. The van der Waals surface area contributed by atoms with E-state index in [1.165, 1.54) is 18.4 Å². The summed E-state index contributed by atoms with van der Waals surface area (Å²) in [4.78, 5) is 0. The van der Waals surface area contributed by atoms with Crippen LogP contribution >= 0.6 is 0 Å². The normalized spacial score (nSPS) is 11.7. The first kappa shape index (κ1) is 11.3. The van der Waals surface area contributed by atoms with E-state index < -0.39 is 0 Å². The lowest BCUT2D eigenvalue weighted by atomic mass is 9.75. The Hall–Kier alpha value is -0.780. The van der Waals surface area contributed by atoms with Crippen LogP contribution in [0.15, 0.2) is 24.3 Å². The van der Waals surface area contributed by atoms with Crippen LogP contribution in [-0.2, 0) is 11.8 Å². The van der Waals surface area contributed by atoms with E-state index >= 15 is 0 Å². The van der Waals surface area contributed by atoms with Crippen molar-refractivity contribution in [3.05, 3.63) is 35.4 Å². The summed E-state index contributed by atoms with van der Waals surface area (Å²) in [6, 6.07) is 8.87. The molecule has 78 valence electrons. The van der Waals surface area contributed by atoms with Crippen LogP contribution in [0.25, 0.3) is 0 Å². The van der Waals surface area contributed by atoms with E-state index in [1.54, 1.807) is 5.56 Å². The Bertz CT molecular complexity index is 282. The van der Waals surface area contributed by atoms with E-state index in [9.17, 15) is 0 Å². The van der Waals surface area contributed by atoms with Crippen molar-refractivity contribution in [1.29, 1.82) is 0 Å². The van der Waals surface area contributed by atoms with Crippen LogP contribution in [0, 0.1) is 0 Å². The number of aryl methyl sites for hydroxylation is 1. The zero-order valence-corrected chi connectivity index (χ0v) is 9.93. The summed E-state index contributed by atoms with van der Waals surface area (Å²) in [6.45, 7) is 9.19. The molecule has 1 aromatic carbocycles. The van der Waals surface area contributed by atoms with Gasteiger partial charge in [-0.25, -0.2) is 0 Å². The molecule has 0 nitrogen and oxygen atoms in total. The van der Waals surface area contributed by atoms with Gasteiger partial charge in [-0.2, -0.15) is 0 Å². The molecule has 0 fully saturated rings. The van der Waals surface area contributed by atoms with E-state index in [-0.39, 0.29) is 0 Å². The van der Waals surface area contributed by atoms with Crippen molar-refractivity contribution in [3.63, 3.8) is 0 Å². The fourth-order valence-electron chi connectivity index (χ4n) is 2.05. The highest BCUT2D eigenvalue weighted by Gasteiger charge is 2.23. The van der Waals surface area contributed by atoms with E-state index in [0.29, 0.717) is 5.41 Å². The molecule has 1 aromatic rings. The van der Waals surface area contributed by atoms with Crippen molar-refractivity contribution < 1.29 is 0 Å². The highest BCUT2D eigenvalue weighted by molar-refractivity contribution is 5.33. The van der Waals surface area contributed by atoms with Gasteiger partial charge in [0.15, 0.2) is 0 Å². The third-order valence-electron chi connectivity index (χ3n) is 3.61. The molecule has 0 spiro atoms. The van der Waals surface area contributed by atoms with Crippen molar-refractivity contribution in [3.8, 4) is 0 Å². The van der Waals surface area contributed by atoms with Crippen molar-refractivity contribution in [2.24, 2.45) is 0 Å². The molecule has 0 heteroatoms. The summed E-state index contributed by atoms with van der Waals surface area (Å²) in [7, 11) is 0. The molecular weight excluding hydrogens is 168 g/mol. The topological polar surface area (TPSA) is 0 Å². The summed E-state index contributed by atoms with van der Waals surface area (Å²) in [6.07, 6.45) is 3.59. The minimum Gasteiger partial charge on any atom is -0.0645 e. The Morgan fingerprint density at radius 2 is 1.57 bits per heavy atom. The van der Waals surface area contributed by atoms with Gasteiger partial charge in [-0.05, 0) is 35.8 Å². The Morgan fingerprint density at radius 3 is 2.07 bits per heavy atom. The molecule has 0 radical (unpaired) electrons. The predicted octanol–water partition coefficient (Wildman–Crippen LogP) is 4.33. The molecule has 0 aliphatic carbocycles. The van der Waals surface area contributed by atoms with Gasteiger partial charge in [0, 0.05) is 0 Å². The Labute approximate surface area is 88.4 Å². The minimum absolute atomic E-state index is 0.368. The van der Waals surface area contributed by atoms with Gasteiger partial charge in [-0.1, -0.05) is 52.0 Å². The Balaban J connectivity index is 3.15. The molecule has 0 aliphatic rings. The van der Waals surface area contributed by atoms with Gasteiger partial charge in [0.2, 0.25) is 0 Å². The lowest BCUT2D eigenvalue weighted by molar-refractivity contribution is 0.435. The van der Waals surface area contributed by atoms with Crippen LogP contribution in [0.3, 0.4) is 0 Å². The molecule has 0 heterocycles. The quantitative estimate of drug-likeness (QED) is 0.663. The fraction of sp³-hybridized carbons (Fsp3) is 0.571. The van der Waals surface area contributed by atoms with Crippen molar-refractivity contribution >= 4 is 0 Å². The molecule has 0 atom stereocenters. The van der Waals surface area contributed by atoms with Gasteiger partial charge in [-0.3, -0.25) is 0 Å². The zero-order chi connectivity index (χ0) is 10.6. The second kappa shape index (κ2) is 4.63. The summed E-state index contributed by atoms with van der Waals surface area (Å²) < 4.78 is 0. The van der Waals surface area contributed by atoms with Crippen LogP contribution in [0.1, 0.15) is 51.7 Å². The number of hydrogen-bond acceptors (Lipinski definition) is 0. The summed E-state index contributed by atoms with van der Waals surface area (Å²) in [5.41, 5.74) is 3.43. The molecule has 0 bridgehead atoms. The maximum Gasteiger partial charge on any atom is -0.00778 e. The van der Waals surface area contributed by atoms with Crippen molar-refractivity contribution in [1.82, 2.24) is 0 Å². The number of rotatable bonds is 4. The van der Waals surface area contributed by atoms with E-state index in [0.717, 1.165) is 6.42 Å². The maximum absolute atomic E-state index is 2.38. The second-order valence-corrected chi connectivity index (χ2v) is 4.28. The smallest absolute Gasteiger partial charge is 0.00778 e. The van der Waals surface area contributed by atoms with Crippen molar-refractivity contribution in [2.75, 3.05) is 0 Å². The SMILES string of the molecule is CCc1ccccc1C(C)(CC)CC. The average Bonchev–Trinajstić information content (AvgIpc) is 2.28. The third-order valence-corrected chi connectivity index (χ3v) is 3.61. The van der Waals surface area contributed by atoms with Gasteiger partial charge < -0.3 is 0 Å². The van der Waals surface area contributed by atoms with Crippen LogP contribution in [0.5, 0.6) is 0 Å². The molecule has 0 unspecified atom stereocenters. The fourth-order valence-corrected chi connectivity index (χ4v) is 2.05. The van der Waals surface area contributed by atoms with E-state index in [2.05, 4.69) is 52.0 Å². The average molecular weight is 190 g/mol. The second-order valence-electron chi connectivity index (χ2n) is 4.28. The molecule has 0 aliphatic heterocycles. The van der Waals surface area contributed by atoms with Crippen LogP contribution in [-0.4, -0.2) is 0 Å². The monoisotopic (exact) mass is 190 g/mol. The first-order valence-corrected chi connectivity index (χ1v) is 5.76. The number of hydrogen-bond donors (Lipinski definition) is 0. The highest BCUT2D eigenvalue weighted by atomic mass is 14.3. The minimum atomic E-state index is 0.368. The molecule has 14 heavy (non-hydrogen) atoms. The largest absolute Gasteiger partial charge is 0.0645 e. The summed E-state index contributed by atoms with van der Waals surface area (Å²) in [5.74, 6) is 0. The summed E-state index contributed by atoms with van der Waals surface area (Å²) >= 11 is 0. The first-order valence-electron chi connectivity index (χ1n) is 5.76. The van der Waals surface area contributed by atoms with E-state index in [4.69, 9.17) is 0 Å². The van der Waals surface area contributed by atoms with Crippen molar-refractivity contribution in [2.45, 2.75) is 52.4 Å². The standard InChI is InChI=1S/C14H22/c1-5-12-10-8-9-11-13(12)14(4,6-2)7-3/h8-11H,5-7H2,1-4H3. The Kier molecular flexibility index (Phi) is 3.74. The van der Waals surface area contributed by atoms with Gasteiger partial charge in [0.25, 0.3) is 0 Å². The third kappa shape index (κ3) is 2.00. The molecule has 0 N–H and O–H groups in total. The molecule has 0 amide bonds. The van der Waals surface area contributed by atoms with Gasteiger partial charge in [-0.15, -0.1) is 0 Å². The van der Waals surface area contributed by atoms with Gasteiger partial charge in [0.1, 0.15) is 0 Å². The zero-order valence-electron chi connectivity index (χ0n) is 9.93. The highest BCUT2D eigenvalue weighted by Crippen LogP contribution is 2.33. The van der Waals surface area contributed by atoms with Crippen LogP contribution in [0.4, 0.5) is 0 Å². The summed E-state index contributed by atoms with van der Waals surface area (Å²) in [5, 5.41) is 0. The molecule has 0 saturated carbocycles. The van der Waals surface area contributed by atoms with Crippen LogP contribution < -0.4 is 0 Å². The lowest BCUT2D eigenvalue weighted by Gasteiger charge is -2.29. The molecule has 0 aromatic heterocycles. The van der Waals surface area contributed by atoms with Gasteiger partial charge in [0.05, 0.1) is 0 Å². The van der Waals surface area contributed by atoms with Gasteiger partial charge >= 0.3 is 0 Å². The molecule has 0 saturated heterocycles. The first-order chi connectivity index (χ1) is 6.68. The maximum atomic E-state index is 2.38. The molecular formula is C14H22. The molecule has 1 rings (SSSR count). The van der Waals surface area contributed by atoms with E-state index in [1.807, 2.05) is 0 Å². The lowest BCUT2D eigenvalue weighted by Crippen LogP contribution is -2.21.